The highest BCUT2D eigenvalue weighted by atomic mass is 35.5. The van der Waals surface area contributed by atoms with Gasteiger partial charge in [-0.15, -0.1) is 5.10 Å². The molecule has 1 amide bonds. The predicted molar refractivity (Wildman–Crippen MR) is 163 cm³/mol. The van der Waals surface area contributed by atoms with Crippen molar-refractivity contribution in [3.05, 3.63) is 82.9 Å². The number of amides is 1. The lowest BCUT2D eigenvalue weighted by Crippen LogP contribution is -2.43. The molecule has 2 aromatic carbocycles. The van der Waals surface area contributed by atoms with Gasteiger partial charge in [0, 0.05) is 37.1 Å². The number of rotatable bonds is 13. The van der Waals surface area contributed by atoms with E-state index in [4.69, 9.17) is 11.6 Å². The lowest BCUT2D eigenvalue weighted by molar-refractivity contribution is -0.114. The molecule has 0 aliphatic heterocycles. The molecule has 0 spiro atoms. The van der Waals surface area contributed by atoms with Crippen LogP contribution in [0.3, 0.4) is 0 Å². The molecule has 44 heavy (non-hydrogen) atoms. The minimum atomic E-state index is -2.84. The van der Waals surface area contributed by atoms with Gasteiger partial charge in [0.25, 0.3) is 12.3 Å². The highest BCUT2D eigenvalue weighted by Crippen LogP contribution is 2.38. The number of halogens is 5. The van der Waals surface area contributed by atoms with Crippen molar-refractivity contribution in [2.45, 2.75) is 25.4 Å². The minimum absolute atomic E-state index is 0.0234. The van der Waals surface area contributed by atoms with Crippen LogP contribution in [0.1, 0.15) is 11.3 Å². The van der Waals surface area contributed by atoms with Gasteiger partial charge in [0.05, 0.1) is 44.9 Å². The Morgan fingerprint density at radius 3 is 2.57 bits per heavy atom. The quantitative estimate of drug-likeness (QED) is 0.0936. The smallest absolute Gasteiger partial charge is 0.257 e. The number of alkyl halides is 2. The molecule has 232 valence electrons. The Balaban J connectivity index is 1.89. The van der Waals surface area contributed by atoms with Crippen LogP contribution >= 0.6 is 11.6 Å². The first-order valence-corrected chi connectivity index (χ1v) is 14.9. The van der Waals surface area contributed by atoms with Crippen molar-refractivity contribution in [2.24, 2.45) is 4.99 Å². The normalized spacial score (nSPS) is 13.2. The molecule has 2 aromatic heterocycles. The largest absolute Gasteiger partial charge is 0.593 e. The van der Waals surface area contributed by atoms with Crippen LogP contribution in [0.2, 0.25) is 5.02 Å². The van der Waals surface area contributed by atoms with Gasteiger partial charge in [0.2, 0.25) is 5.82 Å². The summed E-state index contributed by atoms with van der Waals surface area (Å²) in [5.74, 6) is -2.21. The molecule has 0 saturated heterocycles. The van der Waals surface area contributed by atoms with E-state index in [1.165, 1.54) is 54.0 Å². The summed E-state index contributed by atoms with van der Waals surface area (Å²) in [4.78, 5) is 27.4. The van der Waals surface area contributed by atoms with E-state index in [1.807, 2.05) is 0 Å². The summed E-state index contributed by atoms with van der Waals surface area (Å²) >= 11 is 4.85. The monoisotopic (exact) mass is 650 g/mol. The maximum atomic E-state index is 14.0. The Kier molecular flexibility index (Phi) is 10.9. The topological polar surface area (TPSA) is 123 Å². The fraction of sp³-hybridized carbons (Fsp3) is 0.250. The maximum Gasteiger partial charge on any atom is 0.257 e. The van der Waals surface area contributed by atoms with Gasteiger partial charge in [-0.2, -0.15) is 4.72 Å². The molecule has 0 fully saturated rings. The van der Waals surface area contributed by atoms with Gasteiger partial charge in [0.15, 0.2) is 0 Å². The number of benzene rings is 2. The highest BCUT2D eigenvalue weighted by molar-refractivity contribution is 7.92. The molecule has 0 bridgehead atoms. The number of hydrogen-bond acceptors (Lipinski definition) is 8. The van der Waals surface area contributed by atoms with Crippen LogP contribution in [0.4, 0.5) is 29.1 Å². The van der Waals surface area contributed by atoms with Crippen molar-refractivity contribution in [1.29, 1.82) is 0 Å². The van der Waals surface area contributed by atoms with Gasteiger partial charge in [-0.25, -0.2) is 17.6 Å². The van der Waals surface area contributed by atoms with Gasteiger partial charge in [-0.3, -0.25) is 24.4 Å². The summed E-state index contributed by atoms with van der Waals surface area (Å²) in [7, 11) is 1.60. The first-order chi connectivity index (χ1) is 21.0. The van der Waals surface area contributed by atoms with Gasteiger partial charge in [-0.1, -0.05) is 11.6 Å². The van der Waals surface area contributed by atoms with Crippen molar-refractivity contribution >= 4 is 63.7 Å². The number of carbonyl (C=O) groups excluding carboxylic acids is 1. The van der Waals surface area contributed by atoms with Gasteiger partial charge in [-0.05, 0) is 50.0 Å². The number of fused-ring (bicyclic) bond motifs is 1. The van der Waals surface area contributed by atoms with E-state index in [1.54, 1.807) is 7.05 Å². The Bertz CT molecular complexity index is 1650. The summed E-state index contributed by atoms with van der Waals surface area (Å²) in [5.41, 5.74) is 0.834. The average molecular weight is 651 g/mol. The van der Waals surface area contributed by atoms with Crippen molar-refractivity contribution in [1.82, 2.24) is 25.1 Å². The molecule has 0 aliphatic rings. The van der Waals surface area contributed by atoms with Gasteiger partial charge >= 0.3 is 0 Å². The number of nitrogens with zero attached hydrogens (tertiary/aromatic N) is 6. The van der Waals surface area contributed by atoms with Crippen LogP contribution in [-0.4, -0.2) is 69.2 Å². The number of likely N-dealkylation sites (N-methyl/N-ethyl adjacent to an activating group) is 1. The second-order valence-electron chi connectivity index (χ2n) is 9.46. The Hall–Kier alpha value is -4.05. The predicted octanol–water partition coefficient (Wildman–Crippen LogP) is 4.63. The summed E-state index contributed by atoms with van der Waals surface area (Å²) in [6.45, 7) is 2.54. The molecule has 0 saturated carbocycles. The third-order valence-electron chi connectivity index (χ3n) is 6.40. The Morgan fingerprint density at radius 1 is 1.25 bits per heavy atom. The third kappa shape index (κ3) is 7.91. The summed E-state index contributed by atoms with van der Waals surface area (Å²) in [6, 6.07) is 5.42. The summed E-state index contributed by atoms with van der Waals surface area (Å²) in [5, 5.41) is 7.50. The van der Waals surface area contributed by atoms with Crippen LogP contribution in [0, 0.1) is 11.6 Å². The standard InChI is InChI=1S/C28H27ClF4N8O2S/c1-34-19(10-16-8-17(30)11-18(31)9-16)14-40(25(42)12-21(35-2)22-13-36-6-7-37-22)23-5-4-20(29)26-27(23)41(15-24(32)33)38-28(26)39-44(3)43/h4-9,11-13,19,24,34H,2,10,14-15H2,1,3H3,(H,38,39)/b21-12-. The zero-order chi connectivity index (χ0) is 32.0. The molecule has 2 N–H and O–H groups in total. The van der Waals surface area contributed by atoms with E-state index >= 15 is 0 Å². The fourth-order valence-electron chi connectivity index (χ4n) is 4.58. The van der Waals surface area contributed by atoms with Crippen LogP contribution in [-0.2, 0) is 29.1 Å². The van der Waals surface area contributed by atoms with Crippen molar-refractivity contribution in [3.63, 3.8) is 0 Å². The van der Waals surface area contributed by atoms with Crippen LogP contribution < -0.4 is 14.9 Å². The number of anilines is 2. The van der Waals surface area contributed by atoms with E-state index in [0.717, 1.165) is 16.8 Å². The van der Waals surface area contributed by atoms with E-state index < -0.39 is 47.9 Å². The molecule has 0 aliphatic carbocycles. The van der Waals surface area contributed by atoms with Crippen LogP contribution in [0.25, 0.3) is 16.6 Å². The lowest BCUT2D eigenvalue weighted by atomic mass is 10.0. The second kappa shape index (κ2) is 14.6. The fourth-order valence-corrected chi connectivity index (χ4v) is 5.23. The molecule has 0 radical (unpaired) electrons. The molecule has 10 nitrogen and oxygen atoms in total. The Morgan fingerprint density at radius 2 is 1.98 bits per heavy atom. The number of aromatic nitrogens is 4. The first-order valence-electron chi connectivity index (χ1n) is 13.0. The van der Waals surface area contributed by atoms with Crippen LogP contribution in [0.15, 0.2) is 60.0 Å². The van der Waals surface area contributed by atoms with E-state index in [9.17, 15) is 26.9 Å². The molecule has 2 heterocycles. The van der Waals surface area contributed by atoms with Crippen LogP contribution in [0.5, 0.6) is 0 Å². The van der Waals surface area contributed by atoms with Crippen molar-refractivity contribution in [2.75, 3.05) is 29.5 Å². The second-order valence-corrected chi connectivity index (χ2v) is 11.0. The average Bonchev–Trinajstić information content (AvgIpc) is 3.31. The molecule has 4 rings (SSSR count). The zero-order valence-corrected chi connectivity index (χ0v) is 25.0. The number of nitrogens with one attached hydrogen (secondary N) is 2. The summed E-state index contributed by atoms with van der Waals surface area (Å²) < 4.78 is 71.0. The van der Waals surface area contributed by atoms with Gasteiger partial charge < -0.3 is 14.8 Å². The zero-order valence-electron chi connectivity index (χ0n) is 23.5. The summed E-state index contributed by atoms with van der Waals surface area (Å²) in [6.07, 6.45) is 3.96. The molecule has 4 aromatic rings. The molecular formula is C28H27ClF4N8O2S. The van der Waals surface area contributed by atoms with Crippen molar-refractivity contribution in [3.8, 4) is 0 Å². The Labute approximate surface area is 258 Å². The number of aliphatic imine (C=N–C) groups is 1. The maximum absolute atomic E-state index is 14.0. The third-order valence-corrected chi connectivity index (χ3v) is 7.20. The van der Waals surface area contributed by atoms with Gasteiger partial charge in [0.1, 0.15) is 30.1 Å². The minimum Gasteiger partial charge on any atom is -0.593 e. The number of carbonyl (C=O) groups is 1. The highest BCUT2D eigenvalue weighted by Gasteiger charge is 2.28. The molecule has 16 heteroatoms. The molecule has 2 atom stereocenters. The number of hydrogen-bond donors (Lipinski definition) is 2. The lowest BCUT2D eigenvalue weighted by Gasteiger charge is -2.28. The molecular weight excluding hydrogens is 624 g/mol. The van der Waals surface area contributed by atoms with E-state index in [-0.39, 0.29) is 51.8 Å². The first kappa shape index (κ1) is 32.9. The molecule has 2 unspecified atom stereocenters. The van der Waals surface area contributed by atoms with Crippen molar-refractivity contribution < 1.29 is 26.9 Å². The van der Waals surface area contributed by atoms with E-state index in [0.29, 0.717) is 5.56 Å². The SMILES string of the molecule is C=N/C(=C\C(=O)N(CC(Cc1cc(F)cc(F)c1)NC)c1ccc(Cl)c2c(N[S+](C)[O-])nn(CC(F)F)c12)c1cnccn1. The van der Waals surface area contributed by atoms with E-state index in [2.05, 4.69) is 36.8 Å².